The van der Waals surface area contributed by atoms with E-state index in [1.165, 1.54) is 0 Å². The Kier molecular flexibility index (Phi) is 4.57. The summed E-state index contributed by atoms with van der Waals surface area (Å²) in [5.41, 5.74) is 0.396. The lowest BCUT2D eigenvalue weighted by Gasteiger charge is -2.27. The third kappa shape index (κ3) is 3.80. The molecule has 0 fully saturated rings. The largest absolute Gasteiger partial charge is 0.454 e. The Hall–Kier alpha value is -2.87. The van der Waals surface area contributed by atoms with E-state index in [-0.39, 0.29) is 19.1 Å². The fraction of sp³-hybridized carbons (Fsp3) is 0.316. The lowest BCUT2D eigenvalue weighted by atomic mass is 9.93. The van der Waals surface area contributed by atoms with Gasteiger partial charge in [-0.3, -0.25) is 4.79 Å². The molecule has 0 saturated carbocycles. The zero-order valence-electron chi connectivity index (χ0n) is 15.0. The van der Waals surface area contributed by atoms with Crippen LogP contribution in [0.1, 0.15) is 31.7 Å². The van der Waals surface area contributed by atoms with Gasteiger partial charge in [0.15, 0.2) is 11.5 Å². The van der Waals surface area contributed by atoms with Crippen molar-refractivity contribution in [2.24, 2.45) is 0 Å². The summed E-state index contributed by atoms with van der Waals surface area (Å²) in [5.74, 6) is 2.34. The number of amides is 1. The van der Waals surface area contributed by atoms with Crippen LogP contribution in [0.15, 0.2) is 40.2 Å². The molecule has 1 aliphatic heterocycles. The predicted molar refractivity (Wildman–Crippen MR) is 99.7 cm³/mol. The van der Waals surface area contributed by atoms with Gasteiger partial charge in [-0.25, -0.2) is 0 Å². The first-order chi connectivity index (χ1) is 13.0. The maximum absolute atomic E-state index is 12.4. The van der Waals surface area contributed by atoms with Crippen LogP contribution in [0.5, 0.6) is 11.5 Å². The molecule has 4 rings (SSSR count). The molecule has 1 aromatic carbocycles. The number of aryl methyl sites for hydroxylation is 1. The highest BCUT2D eigenvalue weighted by molar-refractivity contribution is 7.13. The molecule has 0 spiro atoms. The Balaban J connectivity index is 1.36. The Morgan fingerprint density at radius 3 is 2.93 bits per heavy atom. The number of carbonyl (C=O) groups excluding carboxylic acids is 1. The molecule has 3 aromatic rings. The number of carbonyl (C=O) groups is 1. The van der Waals surface area contributed by atoms with Gasteiger partial charge in [-0.05, 0) is 43.0 Å². The van der Waals surface area contributed by atoms with Crippen LogP contribution in [0.2, 0.25) is 0 Å². The first kappa shape index (κ1) is 17.5. The molecule has 1 N–H and O–H groups in total. The van der Waals surface area contributed by atoms with Crippen molar-refractivity contribution < 1.29 is 18.8 Å². The van der Waals surface area contributed by atoms with Crippen molar-refractivity contribution in [2.45, 2.75) is 32.2 Å². The van der Waals surface area contributed by atoms with Crippen molar-refractivity contribution in [3.8, 4) is 22.2 Å². The molecule has 8 heteroatoms. The van der Waals surface area contributed by atoms with Gasteiger partial charge in [0.25, 0.3) is 0 Å². The van der Waals surface area contributed by atoms with Gasteiger partial charge in [0.1, 0.15) is 0 Å². The lowest BCUT2D eigenvalue weighted by Crippen LogP contribution is -2.41. The molecule has 0 saturated heterocycles. The maximum Gasteiger partial charge on any atom is 0.231 e. The molecule has 1 aliphatic rings. The second-order valence-corrected chi connectivity index (χ2v) is 7.68. The molecule has 0 aliphatic carbocycles. The summed E-state index contributed by atoms with van der Waals surface area (Å²) in [6.45, 7) is 4.12. The number of nitrogens with one attached hydrogen (secondary N) is 1. The molecule has 140 valence electrons. The van der Waals surface area contributed by atoms with E-state index < -0.39 is 5.54 Å². The number of rotatable bonds is 6. The van der Waals surface area contributed by atoms with Crippen LogP contribution in [-0.2, 0) is 16.8 Å². The third-order valence-electron chi connectivity index (χ3n) is 4.32. The van der Waals surface area contributed by atoms with Crippen molar-refractivity contribution in [3.05, 3.63) is 47.2 Å². The highest BCUT2D eigenvalue weighted by Crippen LogP contribution is 2.35. The van der Waals surface area contributed by atoms with E-state index in [1.54, 1.807) is 11.3 Å². The average Bonchev–Trinajstić information content (AvgIpc) is 3.39. The Morgan fingerprint density at radius 2 is 2.11 bits per heavy atom. The van der Waals surface area contributed by atoms with Crippen molar-refractivity contribution >= 4 is 17.2 Å². The van der Waals surface area contributed by atoms with E-state index in [4.69, 9.17) is 14.0 Å². The second kappa shape index (κ2) is 7.03. The summed E-state index contributed by atoms with van der Waals surface area (Å²) < 4.78 is 16.0. The first-order valence-corrected chi connectivity index (χ1v) is 9.47. The Morgan fingerprint density at radius 1 is 1.26 bits per heavy atom. The monoisotopic (exact) mass is 385 g/mol. The number of nitrogens with zero attached hydrogens (tertiary/aromatic N) is 2. The van der Waals surface area contributed by atoms with Gasteiger partial charge >= 0.3 is 0 Å². The van der Waals surface area contributed by atoms with E-state index >= 15 is 0 Å². The number of hydrogen-bond donors (Lipinski definition) is 1. The summed E-state index contributed by atoms with van der Waals surface area (Å²) in [7, 11) is 0. The number of thiophene rings is 1. The van der Waals surface area contributed by atoms with E-state index in [0.29, 0.717) is 23.9 Å². The molecule has 7 nitrogen and oxygen atoms in total. The van der Waals surface area contributed by atoms with Gasteiger partial charge in [-0.1, -0.05) is 17.3 Å². The molecule has 0 radical (unpaired) electrons. The highest BCUT2D eigenvalue weighted by atomic mass is 32.1. The molecule has 0 atom stereocenters. The highest BCUT2D eigenvalue weighted by Gasteiger charge is 2.26. The Labute approximate surface area is 160 Å². The Bertz CT molecular complexity index is 950. The van der Waals surface area contributed by atoms with Gasteiger partial charge in [0, 0.05) is 12.8 Å². The molecular formula is C19H19N3O4S. The van der Waals surface area contributed by atoms with Crippen molar-refractivity contribution in [3.63, 3.8) is 0 Å². The van der Waals surface area contributed by atoms with Crippen LogP contribution in [0, 0.1) is 0 Å². The third-order valence-corrected chi connectivity index (χ3v) is 5.19. The van der Waals surface area contributed by atoms with Crippen LogP contribution in [0.3, 0.4) is 0 Å². The summed E-state index contributed by atoms with van der Waals surface area (Å²) in [4.78, 5) is 17.7. The van der Waals surface area contributed by atoms with Gasteiger partial charge < -0.3 is 19.3 Å². The van der Waals surface area contributed by atoms with E-state index in [1.807, 2.05) is 49.6 Å². The topological polar surface area (TPSA) is 86.5 Å². The van der Waals surface area contributed by atoms with E-state index in [9.17, 15) is 4.79 Å². The molecule has 2 aromatic heterocycles. The first-order valence-electron chi connectivity index (χ1n) is 8.59. The number of hydrogen-bond acceptors (Lipinski definition) is 7. The minimum Gasteiger partial charge on any atom is -0.454 e. The van der Waals surface area contributed by atoms with E-state index in [0.717, 1.165) is 16.2 Å². The SMILES string of the molecule is CC(C)(NC(=O)CCc1nc(-c2cccs2)no1)c1ccc2c(c1)OCO2. The van der Waals surface area contributed by atoms with E-state index in [2.05, 4.69) is 15.5 Å². The molecule has 0 unspecified atom stereocenters. The van der Waals surface area contributed by atoms with Gasteiger partial charge in [-0.2, -0.15) is 4.98 Å². The number of fused-ring (bicyclic) bond motifs is 1. The number of aromatic nitrogens is 2. The maximum atomic E-state index is 12.4. The minimum atomic E-state index is -0.547. The smallest absolute Gasteiger partial charge is 0.231 e. The molecule has 0 bridgehead atoms. The molecule has 3 heterocycles. The fourth-order valence-electron chi connectivity index (χ4n) is 2.85. The van der Waals surface area contributed by atoms with Crippen LogP contribution in [-0.4, -0.2) is 22.8 Å². The fourth-order valence-corrected chi connectivity index (χ4v) is 3.50. The molecule has 1 amide bonds. The zero-order valence-corrected chi connectivity index (χ0v) is 15.8. The van der Waals surface area contributed by atoms with Crippen LogP contribution in [0.4, 0.5) is 0 Å². The van der Waals surface area contributed by atoms with Crippen molar-refractivity contribution in [1.29, 1.82) is 0 Å². The summed E-state index contributed by atoms with van der Waals surface area (Å²) in [6, 6.07) is 9.55. The van der Waals surface area contributed by atoms with Crippen molar-refractivity contribution in [1.82, 2.24) is 15.5 Å². The summed E-state index contributed by atoms with van der Waals surface area (Å²) >= 11 is 1.54. The normalized spacial score (nSPS) is 13.0. The lowest BCUT2D eigenvalue weighted by molar-refractivity contribution is -0.122. The van der Waals surface area contributed by atoms with Crippen molar-refractivity contribution in [2.75, 3.05) is 6.79 Å². The van der Waals surface area contributed by atoms with Gasteiger partial charge in [0.05, 0.1) is 10.4 Å². The average molecular weight is 385 g/mol. The summed E-state index contributed by atoms with van der Waals surface area (Å²) in [5, 5.41) is 8.96. The quantitative estimate of drug-likeness (QED) is 0.699. The van der Waals surface area contributed by atoms with Crippen LogP contribution >= 0.6 is 11.3 Å². The standard InChI is InChI=1S/C19H19N3O4S/c1-19(2,12-5-6-13-14(10-12)25-11-24-13)21-16(23)7-8-17-20-18(22-26-17)15-4-3-9-27-15/h3-6,9-10H,7-8,11H2,1-2H3,(H,21,23). The zero-order chi connectivity index (χ0) is 18.9. The summed E-state index contributed by atoms with van der Waals surface area (Å²) in [6.07, 6.45) is 0.654. The molecular weight excluding hydrogens is 366 g/mol. The number of ether oxygens (including phenoxy) is 2. The van der Waals surface area contributed by atoms with Gasteiger partial charge in [0.2, 0.25) is 24.4 Å². The second-order valence-electron chi connectivity index (χ2n) is 6.73. The van der Waals surface area contributed by atoms with Crippen LogP contribution in [0.25, 0.3) is 10.7 Å². The minimum absolute atomic E-state index is 0.0893. The van der Waals surface area contributed by atoms with Gasteiger partial charge in [-0.15, -0.1) is 11.3 Å². The predicted octanol–water partition coefficient (Wildman–Crippen LogP) is 3.51. The molecule has 27 heavy (non-hydrogen) atoms. The number of benzene rings is 1. The van der Waals surface area contributed by atoms with Crippen LogP contribution < -0.4 is 14.8 Å².